The summed E-state index contributed by atoms with van der Waals surface area (Å²) in [6, 6.07) is 7.41. The Kier molecular flexibility index (Phi) is 4.11. The molecular weight excluding hydrogens is 280 g/mol. The lowest BCUT2D eigenvalue weighted by molar-refractivity contribution is 0.152. The molecule has 1 aromatic heterocycles. The number of alkyl halides is 1. The van der Waals surface area contributed by atoms with Crippen LogP contribution in [0.2, 0.25) is 0 Å². The number of rotatable bonds is 4. The quantitative estimate of drug-likeness (QED) is 0.875. The first-order chi connectivity index (χ1) is 9.54. The van der Waals surface area contributed by atoms with E-state index in [9.17, 15) is 4.79 Å². The van der Waals surface area contributed by atoms with Crippen LogP contribution in [0.5, 0.6) is 0 Å². The summed E-state index contributed by atoms with van der Waals surface area (Å²) in [6.07, 6.45) is -0.826. The Labute approximate surface area is 120 Å². The van der Waals surface area contributed by atoms with Crippen LogP contribution in [-0.4, -0.2) is 22.3 Å². The van der Waals surface area contributed by atoms with E-state index in [2.05, 4.69) is 11.1 Å². The first kappa shape index (κ1) is 14.2. The number of halogens is 1. The van der Waals surface area contributed by atoms with E-state index in [0.717, 1.165) is 5.52 Å². The molecule has 1 heterocycles. The van der Waals surface area contributed by atoms with Gasteiger partial charge in [-0.3, -0.25) is 0 Å². The van der Waals surface area contributed by atoms with Gasteiger partial charge < -0.3 is 15.0 Å². The van der Waals surface area contributed by atoms with Crippen LogP contribution >= 0.6 is 11.6 Å². The number of carbonyl (C=O) groups is 1. The normalized spacial score (nSPS) is 12.1. The number of benzene rings is 1. The summed E-state index contributed by atoms with van der Waals surface area (Å²) < 4.78 is 6.57. The van der Waals surface area contributed by atoms with Gasteiger partial charge in [0.25, 0.3) is 0 Å². The number of fused-ring (bicyclic) bond motifs is 1. The maximum Gasteiger partial charge on any atom is 0.404 e. The van der Waals surface area contributed by atoms with Crippen molar-refractivity contribution in [1.29, 1.82) is 5.26 Å². The third-order valence-corrected chi connectivity index (χ3v) is 3.04. The molecule has 20 heavy (non-hydrogen) atoms. The highest BCUT2D eigenvalue weighted by atomic mass is 35.5. The molecule has 104 valence electrons. The lowest BCUT2D eigenvalue weighted by atomic mass is 10.2. The highest BCUT2D eigenvalue weighted by molar-refractivity contribution is 6.20. The van der Waals surface area contributed by atoms with Gasteiger partial charge in [0, 0.05) is 0 Å². The van der Waals surface area contributed by atoms with Crippen LogP contribution in [0, 0.1) is 11.3 Å². The first-order valence-corrected chi connectivity index (χ1v) is 6.43. The predicted octanol–water partition coefficient (Wildman–Crippen LogP) is 2.30. The fourth-order valence-corrected chi connectivity index (χ4v) is 2.20. The maximum absolute atomic E-state index is 10.6. The standard InChI is InChI=1S/C13H13ClN4O2/c1-8(14)12-17-11-9(7-15)3-2-4-10(11)18(12)5-6-20-13(16)19/h2-4,8H,5-6H2,1H3,(H2,16,19). The Morgan fingerprint density at radius 3 is 3.00 bits per heavy atom. The van der Waals surface area contributed by atoms with Crippen LogP contribution in [-0.2, 0) is 11.3 Å². The van der Waals surface area contributed by atoms with Crippen molar-refractivity contribution in [3.8, 4) is 6.07 Å². The van der Waals surface area contributed by atoms with Crippen LogP contribution in [0.1, 0.15) is 23.7 Å². The molecule has 2 aromatic rings. The fraction of sp³-hybridized carbons (Fsp3) is 0.308. The second kappa shape index (κ2) is 5.80. The summed E-state index contributed by atoms with van der Waals surface area (Å²) >= 11 is 6.12. The molecule has 2 N–H and O–H groups in total. The third kappa shape index (κ3) is 2.68. The van der Waals surface area contributed by atoms with Crippen LogP contribution in [0.4, 0.5) is 4.79 Å². The molecule has 0 fully saturated rings. The van der Waals surface area contributed by atoms with Gasteiger partial charge in [0.05, 0.1) is 23.0 Å². The van der Waals surface area contributed by atoms with Gasteiger partial charge in [-0.1, -0.05) is 6.07 Å². The molecule has 0 saturated heterocycles. The second-order valence-corrected chi connectivity index (χ2v) is 4.84. The molecule has 0 bridgehead atoms. The summed E-state index contributed by atoms with van der Waals surface area (Å²) in [5.74, 6) is 0.623. The van der Waals surface area contributed by atoms with Gasteiger partial charge in [-0.2, -0.15) is 5.26 Å². The number of imidazole rings is 1. The van der Waals surface area contributed by atoms with Crippen molar-refractivity contribution < 1.29 is 9.53 Å². The number of hydrogen-bond acceptors (Lipinski definition) is 4. The Morgan fingerprint density at radius 2 is 2.40 bits per heavy atom. The Balaban J connectivity index is 2.47. The summed E-state index contributed by atoms with van der Waals surface area (Å²) in [5, 5.41) is 8.77. The molecule has 6 nitrogen and oxygen atoms in total. The lowest BCUT2D eigenvalue weighted by Gasteiger charge is -2.10. The molecule has 1 amide bonds. The van der Waals surface area contributed by atoms with Crippen LogP contribution < -0.4 is 5.73 Å². The fourth-order valence-electron chi connectivity index (χ4n) is 2.03. The molecule has 7 heteroatoms. The molecule has 0 saturated carbocycles. The van der Waals surface area contributed by atoms with Gasteiger partial charge >= 0.3 is 6.09 Å². The van der Waals surface area contributed by atoms with E-state index in [1.54, 1.807) is 19.1 Å². The molecule has 0 aliphatic heterocycles. The molecule has 1 atom stereocenters. The molecule has 0 aliphatic carbocycles. The van der Waals surface area contributed by atoms with Gasteiger partial charge in [0.15, 0.2) is 0 Å². The van der Waals surface area contributed by atoms with E-state index < -0.39 is 6.09 Å². The third-order valence-electron chi connectivity index (χ3n) is 2.84. The smallest absolute Gasteiger partial charge is 0.404 e. The number of nitriles is 1. The SMILES string of the molecule is CC(Cl)c1nc2c(C#N)cccc2n1CCOC(N)=O. The van der Waals surface area contributed by atoms with Crippen LogP contribution in [0.25, 0.3) is 11.0 Å². The Hall–Kier alpha value is -2.26. The minimum absolute atomic E-state index is 0.119. The number of carbonyl (C=O) groups excluding carboxylic acids is 1. The topological polar surface area (TPSA) is 93.9 Å². The van der Waals surface area contributed by atoms with Gasteiger partial charge in [0.2, 0.25) is 0 Å². The number of primary amides is 1. The van der Waals surface area contributed by atoms with E-state index >= 15 is 0 Å². The highest BCUT2D eigenvalue weighted by Crippen LogP contribution is 2.26. The average Bonchev–Trinajstić information content (AvgIpc) is 2.77. The van der Waals surface area contributed by atoms with Gasteiger partial charge in [0.1, 0.15) is 24.0 Å². The number of ether oxygens (including phenoxy) is 1. The summed E-state index contributed by atoms with van der Waals surface area (Å²) in [5.41, 5.74) is 6.79. The van der Waals surface area contributed by atoms with Crippen LogP contribution in [0.15, 0.2) is 18.2 Å². The maximum atomic E-state index is 10.6. The zero-order chi connectivity index (χ0) is 14.7. The summed E-state index contributed by atoms with van der Waals surface area (Å²) in [4.78, 5) is 15.0. The number of hydrogen-bond donors (Lipinski definition) is 1. The monoisotopic (exact) mass is 292 g/mol. The van der Waals surface area contributed by atoms with Gasteiger partial charge in [-0.05, 0) is 19.1 Å². The molecule has 0 spiro atoms. The molecule has 0 radical (unpaired) electrons. The molecule has 0 aliphatic rings. The number of nitrogens with zero attached hydrogens (tertiary/aromatic N) is 3. The van der Waals surface area contributed by atoms with Crippen LogP contribution in [0.3, 0.4) is 0 Å². The predicted molar refractivity (Wildman–Crippen MR) is 74.3 cm³/mol. The number of amides is 1. The van der Waals surface area contributed by atoms with Crippen molar-refractivity contribution in [2.75, 3.05) is 6.61 Å². The minimum Gasteiger partial charge on any atom is -0.448 e. The number of aromatic nitrogens is 2. The van der Waals surface area contributed by atoms with Gasteiger partial charge in [-0.25, -0.2) is 9.78 Å². The average molecular weight is 293 g/mol. The van der Waals surface area contributed by atoms with Gasteiger partial charge in [-0.15, -0.1) is 11.6 Å². The minimum atomic E-state index is -0.826. The zero-order valence-corrected chi connectivity index (χ0v) is 11.6. The van der Waals surface area contributed by atoms with E-state index in [1.165, 1.54) is 0 Å². The van der Waals surface area contributed by atoms with Crippen molar-refractivity contribution in [2.45, 2.75) is 18.8 Å². The summed E-state index contributed by atoms with van der Waals surface area (Å²) in [7, 11) is 0. The molecule has 1 aromatic carbocycles. The largest absolute Gasteiger partial charge is 0.448 e. The number of nitrogens with two attached hydrogens (primary N) is 1. The highest BCUT2D eigenvalue weighted by Gasteiger charge is 2.17. The first-order valence-electron chi connectivity index (χ1n) is 6.00. The van der Waals surface area contributed by atoms with E-state index in [0.29, 0.717) is 23.4 Å². The van der Waals surface area contributed by atoms with Crippen molar-refractivity contribution >= 4 is 28.7 Å². The number of para-hydroxylation sites is 1. The lowest BCUT2D eigenvalue weighted by Crippen LogP contribution is -2.17. The summed E-state index contributed by atoms with van der Waals surface area (Å²) in [6.45, 7) is 2.29. The van der Waals surface area contributed by atoms with E-state index in [4.69, 9.17) is 27.3 Å². The van der Waals surface area contributed by atoms with Crippen molar-refractivity contribution in [2.24, 2.45) is 5.73 Å². The molecular formula is C13H13ClN4O2. The molecule has 1 unspecified atom stereocenters. The Morgan fingerprint density at radius 1 is 1.65 bits per heavy atom. The zero-order valence-electron chi connectivity index (χ0n) is 10.8. The van der Waals surface area contributed by atoms with Crippen molar-refractivity contribution in [3.63, 3.8) is 0 Å². The van der Waals surface area contributed by atoms with E-state index in [-0.39, 0.29) is 12.0 Å². The molecule has 2 rings (SSSR count). The van der Waals surface area contributed by atoms with E-state index in [1.807, 2.05) is 10.6 Å². The van der Waals surface area contributed by atoms with Crippen molar-refractivity contribution in [3.05, 3.63) is 29.6 Å². The second-order valence-electron chi connectivity index (χ2n) is 4.19. The Bertz CT molecular complexity index is 687. The van der Waals surface area contributed by atoms with Crippen molar-refractivity contribution in [1.82, 2.24) is 9.55 Å².